The maximum atomic E-state index is 11.7. The van der Waals surface area contributed by atoms with Crippen LogP contribution in [-0.4, -0.2) is 11.1 Å². The van der Waals surface area contributed by atoms with Crippen LogP contribution in [0, 0.1) is 0 Å². The summed E-state index contributed by atoms with van der Waals surface area (Å²) in [4.78, 5) is 11.7. The minimum Gasteiger partial charge on any atom is -0.481 e. The summed E-state index contributed by atoms with van der Waals surface area (Å²) in [5.74, 6) is -0.711. The van der Waals surface area contributed by atoms with Crippen molar-refractivity contribution in [3.05, 3.63) is 35.9 Å². The molecule has 1 aromatic carbocycles. The Morgan fingerprint density at radius 3 is 2.00 bits per heavy atom. The zero-order valence-corrected chi connectivity index (χ0v) is 13.6. The highest BCUT2D eigenvalue weighted by Gasteiger charge is 2.34. The Labute approximate surface area is 129 Å². The highest BCUT2D eigenvalue weighted by molar-refractivity contribution is 5.80. The van der Waals surface area contributed by atoms with Crippen molar-refractivity contribution in [1.29, 1.82) is 0 Å². The van der Waals surface area contributed by atoms with E-state index in [0.717, 1.165) is 24.8 Å². The molecule has 118 valence electrons. The molecule has 1 unspecified atom stereocenters. The fourth-order valence-corrected chi connectivity index (χ4v) is 2.79. The summed E-state index contributed by atoms with van der Waals surface area (Å²) >= 11 is 0. The molecule has 0 amide bonds. The summed E-state index contributed by atoms with van der Waals surface area (Å²) in [5, 5.41) is 9.59. The van der Waals surface area contributed by atoms with Gasteiger partial charge >= 0.3 is 5.97 Å². The third kappa shape index (κ3) is 5.91. The average Bonchev–Trinajstić information content (AvgIpc) is 2.50. The molecule has 0 aliphatic rings. The maximum absolute atomic E-state index is 11.7. The van der Waals surface area contributed by atoms with Crippen LogP contribution in [0.1, 0.15) is 77.2 Å². The van der Waals surface area contributed by atoms with Crippen molar-refractivity contribution in [3.8, 4) is 0 Å². The first-order valence-corrected chi connectivity index (χ1v) is 8.40. The number of rotatable bonds is 11. The van der Waals surface area contributed by atoms with E-state index in [1.54, 1.807) is 0 Å². The number of carboxylic acids is 1. The van der Waals surface area contributed by atoms with Crippen molar-refractivity contribution >= 4 is 5.97 Å². The fourth-order valence-electron chi connectivity index (χ4n) is 2.79. The van der Waals surface area contributed by atoms with E-state index in [0.29, 0.717) is 0 Å². The van der Waals surface area contributed by atoms with Gasteiger partial charge in [-0.1, -0.05) is 88.6 Å². The Kier molecular flexibility index (Phi) is 8.11. The molecule has 21 heavy (non-hydrogen) atoms. The second kappa shape index (κ2) is 9.59. The molecule has 0 bridgehead atoms. The van der Waals surface area contributed by atoms with Crippen molar-refractivity contribution in [2.75, 3.05) is 0 Å². The Hall–Kier alpha value is -1.31. The van der Waals surface area contributed by atoms with Crippen molar-refractivity contribution in [2.45, 2.75) is 77.0 Å². The molecule has 1 atom stereocenters. The second-order valence-electron chi connectivity index (χ2n) is 6.23. The third-order valence-corrected chi connectivity index (χ3v) is 4.41. The second-order valence-corrected chi connectivity index (χ2v) is 6.23. The molecule has 1 aromatic rings. The number of hydrogen-bond acceptors (Lipinski definition) is 1. The normalized spacial score (nSPS) is 13.8. The summed E-state index contributed by atoms with van der Waals surface area (Å²) in [5.41, 5.74) is 0.171. The van der Waals surface area contributed by atoms with Crippen LogP contribution in [0.5, 0.6) is 0 Å². The van der Waals surface area contributed by atoms with Crippen LogP contribution in [0.25, 0.3) is 0 Å². The third-order valence-electron chi connectivity index (χ3n) is 4.41. The Morgan fingerprint density at radius 2 is 1.48 bits per heavy atom. The van der Waals surface area contributed by atoms with Gasteiger partial charge in [0.2, 0.25) is 0 Å². The number of carbonyl (C=O) groups is 1. The molecular weight excluding hydrogens is 260 g/mol. The molecule has 2 heteroatoms. The minimum atomic E-state index is -0.747. The molecule has 0 fully saturated rings. The molecule has 0 aliphatic heterocycles. The molecule has 0 saturated heterocycles. The molecule has 0 heterocycles. The topological polar surface area (TPSA) is 37.3 Å². The van der Waals surface area contributed by atoms with E-state index in [-0.39, 0.29) is 0 Å². The molecule has 1 rings (SSSR count). The minimum absolute atomic E-state index is 0.711. The van der Waals surface area contributed by atoms with Gasteiger partial charge in [0, 0.05) is 0 Å². The first-order chi connectivity index (χ1) is 10.1. The van der Waals surface area contributed by atoms with E-state index in [4.69, 9.17) is 0 Å². The van der Waals surface area contributed by atoms with E-state index in [2.05, 4.69) is 6.92 Å². The van der Waals surface area contributed by atoms with Gasteiger partial charge in [0.05, 0.1) is 5.41 Å². The van der Waals surface area contributed by atoms with Gasteiger partial charge in [-0.25, -0.2) is 0 Å². The zero-order chi connectivity index (χ0) is 15.6. The van der Waals surface area contributed by atoms with E-state index in [9.17, 15) is 9.90 Å². The lowest BCUT2D eigenvalue weighted by Gasteiger charge is -2.25. The van der Waals surface area contributed by atoms with Crippen molar-refractivity contribution < 1.29 is 9.90 Å². The Morgan fingerprint density at radius 1 is 0.952 bits per heavy atom. The monoisotopic (exact) mass is 290 g/mol. The van der Waals surface area contributed by atoms with Crippen LogP contribution in [0.2, 0.25) is 0 Å². The van der Waals surface area contributed by atoms with Crippen molar-refractivity contribution in [2.24, 2.45) is 0 Å². The van der Waals surface area contributed by atoms with Gasteiger partial charge in [0.25, 0.3) is 0 Å². The number of benzene rings is 1. The summed E-state index contributed by atoms with van der Waals surface area (Å²) in [6.45, 7) is 4.09. The van der Waals surface area contributed by atoms with Crippen LogP contribution in [0.15, 0.2) is 30.3 Å². The van der Waals surface area contributed by atoms with Gasteiger partial charge < -0.3 is 5.11 Å². The first-order valence-electron chi connectivity index (χ1n) is 8.40. The SMILES string of the molecule is CCCCCCCCCCC(C)(C(=O)O)c1ccccc1. The summed E-state index contributed by atoms with van der Waals surface area (Å²) in [6, 6.07) is 9.63. The van der Waals surface area contributed by atoms with Gasteiger partial charge in [0.15, 0.2) is 0 Å². The summed E-state index contributed by atoms with van der Waals surface area (Å²) in [6.07, 6.45) is 10.7. The molecule has 0 spiro atoms. The quantitative estimate of drug-likeness (QED) is 0.542. The van der Waals surface area contributed by atoms with Crippen LogP contribution < -0.4 is 0 Å². The molecule has 1 N–H and O–H groups in total. The molecular formula is C19H30O2. The van der Waals surface area contributed by atoms with Crippen LogP contribution in [0.4, 0.5) is 0 Å². The largest absolute Gasteiger partial charge is 0.481 e. The van der Waals surface area contributed by atoms with E-state index >= 15 is 0 Å². The first kappa shape index (κ1) is 17.7. The number of unbranched alkanes of at least 4 members (excludes halogenated alkanes) is 7. The van der Waals surface area contributed by atoms with E-state index < -0.39 is 11.4 Å². The van der Waals surface area contributed by atoms with Gasteiger partial charge in [-0.2, -0.15) is 0 Å². The van der Waals surface area contributed by atoms with Gasteiger partial charge in [-0.3, -0.25) is 4.79 Å². The average molecular weight is 290 g/mol. The van der Waals surface area contributed by atoms with Crippen LogP contribution in [0.3, 0.4) is 0 Å². The molecule has 0 radical (unpaired) electrons. The Balaban J connectivity index is 2.34. The van der Waals surface area contributed by atoms with Gasteiger partial charge in [0.1, 0.15) is 0 Å². The zero-order valence-electron chi connectivity index (χ0n) is 13.6. The molecule has 0 aromatic heterocycles. The number of carboxylic acid groups (broad SMARTS) is 1. The summed E-state index contributed by atoms with van der Waals surface area (Å²) < 4.78 is 0. The van der Waals surface area contributed by atoms with Gasteiger partial charge in [-0.05, 0) is 18.9 Å². The van der Waals surface area contributed by atoms with Crippen molar-refractivity contribution in [3.63, 3.8) is 0 Å². The lowest BCUT2D eigenvalue weighted by Crippen LogP contribution is -2.32. The number of aliphatic carboxylic acids is 1. The van der Waals surface area contributed by atoms with Crippen molar-refractivity contribution in [1.82, 2.24) is 0 Å². The van der Waals surface area contributed by atoms with Gasteiger partial charge in [-0.15, -0.1) is 0 Å². The van der Waals surface area contributed by atoms with E-state index in [1.807, 2.05) is 37.3 Å². The molecule has 2 nitrogen and oxygen atoms in total. The highest BCUT2D eigenvalue weighted by atomic mass is 16.4. The standard InChI is InChI=1S/C19H30O2/c1-3-4-5-6-7-8-9-13-16-19(2,18(20)21)17-14-11-10-12-15-17/h10-12,14-15H,3-9,13,16H2,1-2H3,(H,20,21). The number of hydrogen-bond donors (Lipinski definition) is 1. The highest BCUT2D eigenvalue weighted by Crippen LogP contribution is 2.30. The van der Waals surface area contributed by atoms with Crippen LogP contribution in [-0.2, 0) is 10.2 Å². The smallest absolute Gasteiger partial charge is 0.313 e. The van der Waals surface area contributed by atoms with E-state index in [1.165, 1.54) is 38.5 Å². The lowest BCUT2D eigenvalue weighted by atomic mass is 9.78. The summed E-state index contributed by atoms with van der Waals surface area (Å²) in [7, 11) is 0. The predicted molar refractivity (Wildman–Crippen MR) is 88.7 cm³/mol. The predicted octanol–water partition coefficient (Wildman–Crippen LogP) is 5.56. The Bertz CT molecular complexity index is 399. The maximum Gasteiger partial charge on any atom is 0.313 e. The van der Waals surface area contributed by atoms with Crippen LogP contribution >= 0.6 is 0 Å². The molecule has 0 aliphatic carbocycles. The molecule has 0 saturated carbocycles. The lowest BCUT2D eigenvalue weighted by molar-refractivity contribution is -0.143. The fraction of sp³-hybridized carbons (Fsp3) is 0.632.